The fraction of sp³-hybridized carbons (Fsp3) is 0.438. The van der Waals surface area contributed by atoms with Crippen LogP contribution in [0.15, 0.2) is 24.3 Å². The number of rotatable bonds is 7. The second-order valence-electron chi connectivity index (χ2n) is 6.13. The first-order valence-corrected chi connectivity index (χ1v) is 9.90. The van der Waals surface area contributed by atoms with Crippen LogP contribution in [0.3, 0.4) is 0 Å². The number of amides is 2. The second-order valence-corrected chi connectivity index (χ2v) is 8.12. The van der Waals surface area contributed by atoms with Gasteiger partial charge in [0.15, 0.2) is 0 Å². The van der Waals surface area contributed by atoms with Gasteiger partial charge in [0.25, 0.3) is 5.91 Å². The maximum absolute atomic E-state index is 12.6. The number of hydrogen-bond donors (Lipinski definition) is 2. The molecule has 1 aliphatic heterocycles. The molecule has 0 aliphatic carbocycles. The van der Waals surface area contributed by atoms with Crippen LogP contribution < -0.4 is 5.73 Å². The Hall–Kier alpha value is -2.50. The van der Waals surface area contributed by atoms with Crippen LogP contribution in [-0.2, 0) is 19.6 Å². The summed E-state index contributed by atoms with van der Waals surface area (Å²) >= 11 is 0. The van der Waals surface area contributed by atoms with Gasteiger partial charge in [-0.15, -0.1) is 0 Å². The summed E-state index contributed by atoms with van der Waals surface area (Å²) in [5, 5.41) is 8.88. The molecular formula is C16H21N3O7S. The summed E-state index contributed by atoms with van der Waals surface area (Å²) < 4.78 is 29.8. The average Bonchev–Trinajstić information content (AvgIpc) is 2.59. The van der Waals surface area contributed by atoms with E-state index in [9.17, 15) is 22.8 Å². The molecule has 1 aromatic rings. The van der Waals surface area contributed by atoms with Crippen molar-refractivity contribution in [2.75, 3.05) is 39.0 Å². The van der Waals surface area contributed by atoms with E-state index < -0.39 is 34.5 Å². The number of nitrogens with two attached hydrogens (primary N) is 1. The summed E-state index contributed by atoms with van der Waals surface area (Å²) in [5.74, 6) is -2.18. The molecule has 11 heteroatoms. The smallest absolute Gasteiger partial charge is 0.318 e. The minimum Gasteiger partial charge on any atom is -0.480 e. The van der Waals surface area contributed by atoms with Crippen LogP contribution in [0.1, 0.15) is 20.7 Å². The van der Waals surface area contributed by atoms with Crippen molar-refractivity contribution in [1.82, 2.24) is 9.21 Å². The summed E-state index contributed by atoms with van der Waals surface area (Å²) in [6, 6.07) is 5.87. The van der Waals surface area contributed by atoms with Gasteiger partial charge in [-0.3, -0.25) is 14.4 Å². The third-order valence-electron chi connectivity index (χ3n) is 4.03. The van der Waals surface area contributed by atoms with E-state index >= 15 is 0 Å². The molecule has 0 radical (unpaired) electrons. The van der Waals surface area contributed by atoms with Crippen LogP contribution in [0, 0.1) is 0 Å². The third-order valence-corrected chi connectivity index (χ3v) is 5.25. The van der Waals surface area contributed by atoms with Crippen molar-refractivity contribution in [2.24, 2.45) is 5.73 Å². The van der Waals surface area contributed by atoms with Crippen molar-refractivity contribution in [3.63, 3.8) is 0 Å². The molecule has 1 aromatic carbocycles. The topological polar surface area (TPSA) is 147 Å². The number of aliphatic carboxylic acids is 1. The number of benzene rings is 1. The van der Waals surface area contributed by atoms with Crippen LogP contribution in [0.4, 0.5) is 0 Å². The highest BCUT2D eigenvalue weighted by Crippen LogP contribution is 2.14. The van der Waals surface area contributed by atoms with E-state index in [0.29, 0.717) is 12.1 Å². The van der Waals surface area contributed by atoms with Crippen molar-refractivity contribution in [3.05, 3.63) is 35.4 Å². The first kappa shape index (κ1) is 20.8. The third kappa shape index (κ3) is 5.74. The van der Waals surface area contributed by atoms with E-state index in [1.165, 1.54) is 29.2 Å². The zero-order valence-corrected chi connectivity index (χ0v) is 15.5. The molecule has 2 amide bonds. The predicted molar refractivity (Wildman–Crippen MR) is 94.7 cm³/mol. The van der Waals surface area contributed by atoms with Gasteiger partial charge in [0.05, 0.1) is 19.0 Å². The second kappa shape index (κ2) is 8.46. The Morgan fingerprint density at radius 2 is 1.85 bits per heavy atom. The Morgan fingerprint density at radius 1 is 1.26 bits per heavy atom. The van der Waals surface area contributed by atoms with Gasteiger partial charge in [-0.05, 0) is 24.3 Å². The molecule has 2 rings (SSSR count). The van der Waals surface area contributed by atoms with Gasteiger partial charge in [0, 0.05) is 30.8 Å². The lowest BCUT2D eigenvalue weighted by Crippen LogP contribution is -2.51. The Balaban J connectivity index is 2.06. The van der Waals surface area contributed by atoms with Gasteiger partial charge in [-0.2, -0.15) is 4.31 Å². The Kier molecular flexibility index (Phi) is 6.52. The lowest BCUT2D eigenvalue weighted by Gasteiger charge is -2.35. The van der Waals surface area contributed by atoms with Gasteiger partial charge in [0.2, 0.25) is 15.9 Å². The number of primary amides is 1. The van der Waals surface area contributed by atoms with E-state index in [2.05, 4.69) is 0 Å². The molecule has 0 bridgehead atoms. The Morgan fingerprint density at radius 3 is 2.37 bits per heavy atom. The minimum atomic E-state index is -3.74. The van der Waals surface area contributed by atoms with Crippen molar-refractivity contribution in [1.29, 1.82) is 0 Å². The lowest BCUT2D eigenvalue weighted by molar-refractivity contribution is -0.137. The number of carbonyl (C=O) groups excluding carboxylic acids is 2. The zero-order valence-electron chi connectivity index (χ0n) is 14.7. The van der Waals surface area contributed by atoms with Crippen molar-refractivity contribution < 1.29 is 32.6 Å². The Labute approximate surface area is 156 Å². The normalized spacial score (nSPS) is 17.7. The summed E-state index contributed by atoms with van der Waals surface area (Å²) in [7, 11) is -3.74. The molecule has 1 aliphatic rings. The molecule has 1 atom stereocenters. The van der Waals surface area contributed by atoms with Crippen molar-refractivity contribution >= 4 is 27.8 Å². The quantitative estimate of drug-likeness (QED) is 0.596. The molecule has 27 heavy (non-hydrogen) atoms. The predicted octanol–water partition coefficient (Wildman–Crippen LogP) is -1.03. The van der Waals surface area contributed by atoms with E-state index in [1.54, 1.807) is 0 Å². The van der Waals surface area contributed by atoms with E-state index in [1.807, 2.05) is 0 Å². The number of carbonyl (C=O) groups is 3. The first-order valence-electron chi connectivity index (χ1n) is 8.05. The maximum atomic E-state index is 12.6. The standard InChI is InChI=1S/C16H21N3O7S/c1-27(24,25)19(10-14(20)21)9-13-8-18(6-7-26-13)16(23)12-4-2-11(3-5-12)15(17)22/h2-5,13H,6-10H2,1H3,(H2,17,22)(H,20,21). The molecule has 148 valence electrons. The summed E-state index contributed by atoms with van der Waals surface area (Å²) in [6.07, 6.45) is 0.267. The highest BCUT2D eigenvalue weighted by molar-refractivity contribution is 7.88. The fourth-order valence-electron chi connectivity index (χ4n) is 2.67. The van der Waals surface area contributed by atoms with Crippen LogP contribution in [0.2, 0.25) is 0 Å². The number of ether oxygens (including phenoxy) is 1. The monoisotopic (exact) mass is 399 g/mol. The van der Waals surface area contributed by atoms with Crippen LogP contribution in [0.25, 0.3) is 0 Å². The van der Waals surface area contributed by atoms with Crippen LogP contribution in [-0.4, -0.2) is 85.7 Å². The van der Waals surface area contributed by atoms with E-state index in [4.69, 9.17) is 15.6 Å². The van der Waals surface area contributed by atoms with Gasteiger partial charge in [-0.25, -0.2) is 8.42 Å². The van der Waals surface area contributed by atoms with Gasteiger partial charge >= 0.3 is 5.97 Å². The zero-order chi connectivity index (χ0) is 20.2. The molecule has 1 fully saturated rings. The number of sulfonamides is 1. The SMILES string of the molecule is CS(=O)(=O)N(CC(=O)O)CC1CN(C(=O)c2ccc(C(N)=O)cc2)CCO1. The lowest BCUT2D eigenvalue weighted by atomic mass is 10.1. The molecule has 0 saturated carbocycles. The van der Waals surface area contributed by atoms with E-state index in [-0.39, 0.29) is 31.2 Å². The van der Waals surface area contributed by atoms with Gasteiger partial charge in [-0.1, -0.05) is 0 Å². The van der Waals surface area contributed by atoms with Crippen molar-refractivity contribution in [2.45, 2.75) is 6.10 Å². The van der Waals surface area contributed by atoms with Crippen LogP contribution >= 0.6 is 0 Å². The minimum absolute atomic E-state index is 0.113. The number of carboxylic acids is 1. The summed E-state index contributed by atoms with van der Waals surface area (Å²) in [6.45, 7) is -0.232. The maximum Gasteiger partial charge on any atom is 0.318 e. The molecule has 0 aromatic heterocycles. The number of hydrogen-bond acceptors (Lipinski definition) is 6. The largest absolute Gasteiger partial charge is 0.480 e. The highest BCUT2D eigenvalue weighted by atomic mass is 32.2. The molecule has 3 N–H and O–H groups in total. The van der Waals surface area contributed by atoms with Gasteiger partial charge in [0.1, 0.15) is 6.54 Å². The molecular weight excluding hydrogens is 378 g/mol. The average molecular weight is 399 g/mol. The molecule has 1 saturated heterocycles. The Bertz CT molecular complexity index is 823. The molecule has 10 nitrogen and oxygen atoms in total. The van der Waals surface area contributed by atoms with Gasteiger partial charge < -0.3 is 20.5 Å². The summed E-state index contributed by atoms with van der Waals surface area (Å²) in [5.41, 5.74) is 5.80. The van der Waals surface area contributed by atoms with Crippen molar-refractivity contribution in [3.8, 4) is 0 Å². The molecule has 0 spiro atoms. The van der Waals surface area contributed by atoms with E-state index in [0.717, 1.165) is 10.6 Å². The number of morpholine rings is 1. The highest BCUT2D eigenvalue weighted by Gasteiger charge is 2.30. The van der Waals surface area contributed by atoms with Crippen LogP contribution in [0.5, 0.6) is 0 Å². The number of nitrogens with zero attached hydrogens (tertiary/aromatic N) is 2. The molecule has 1 heterocycles. The fourth-order valence-corrected chi connectivity index (χ4v) is 3.45. The summed E-state index contributed by atoms with van der Waals surface area (Å²) in [4.78, 5) is 36.1. The first-order chi connectivity index (χ1) is 12.6. The number of carboxylic acid groups (broad SMARTS) is 1. The molecule has 1 unspecified atom stereocenters.